The molecule has 1 amide bonds. The molecule has 0 radical (unpaired) electrons. The number of hydrogen-bond donors (Lipinski definition) is 2. The van der Waals surface area contributed by atoms with Gasteiger partial charge in [0.15, 0.2) is 0 Å². The van der Waals surface area contributed by atoms with E-state index < -0.39 is 41.1 Å². The fourth-order valence-electron chi connectivity index (χ4n) is 1.86. The van der Waals surface area contributed by atoms with Gasteiger partial charge in [0.05, 0.1) is 17.2 Å². The molecule has 118 valence electrons. The number of alkyl halides is 3. The van der Waals surface area contributed by atoms with Crippen LogP contribution < -0.4 is 5.32 Å². The van der Waals surface area contributed by atoms with Crippen LogP contribution in [0.5, 0.6) is 0 Å². The van der Waals surface area contributed by atoms with Crippen molar-refractivity contribution in [1.29, 1.82) is 5.26 Å². The second-order valence-corrected chi connectivity index (χ2v) is 4.67. The number of nitriles is 1. The Kier molecular flexibility index (Phi) is 5.51. The Labute approximate surface area is 124 Å². The van der Waals surface area contributed by atoms with Crippen LogP contribution >= 0.6 is 0 Å². The van der Waals surface area contributed by atoms with Crippen molar-refractivity contribution >= 4 is 11.9 Å². The molecule has 0 aliphatic heterocycles. The molecule has 5 nitrogen and oxygen atoms in total. The van der Waals surface area contributed by atoms with E-state index in [2.05, 4.69) is 0 Å². The summed E-state index contributed by atoms with van der Waals surface area (Å²) in [5, 5.41) is 19.7. The van der Waals surface area contributed by atoms with Gasteiger partial charge in [0.2, 0.25) is 0 Å². The van der Waals surface area contributed by atoms with E-state index in [-0.39, 0.29) is 6.42 Å². The molecule has 0 aromatic heterocycles. The number of benzene rings is 1. The predicted molar refractivity (Wildman–Crippen MR) is 69.7 cm³/mol. The number of carboxylic acid groups (broad SMARTS) is 1. The zero-order valence-corrected chi connectivity index (χ0v) is 11.5. The van der Waals surface area contributed by atoms with Gasteiger partial charge >= 0.3 is 12.1 Å². The second kappa shape index (κ2) is 6.93. The van der Waals surface area contributed by atoms with E-state index in [4.69, 9.17) is 10.4 Å². The van der Waals surface area contributed by atoms with Gasteiger partial charge in [0.25, 0.3) is 5.91 Å². The summed E-state index contributed by atoms with van der Waals surface area (Å²) in [4.78, 5) is 23.1. The zero-order chi connectivity index (χ0) is 16.9. The number of carbonyl (C=O) groups excluding carboxylic acids is 1. The summed E-state index contributed by atoms with van der Waals surface area (Å²) in [5.41, 5.74) is -1.81. The van der Waals surface area contributed by atoms with Crippen LogP contribution in [0.2, 0.25) is 0 Å². The summed E-state index contributed by atoms with van der Waals surface area (Å²) in [5.74, 6) is -3.31. The van der Waals surface area contributed by atoms with Gasteiger partial charge < -0.3 is 10.4 Å². The maximum Gasteiger partial charge on any atom is 0.417 e. The van der Waals surface area contributed by atoms with Crippen LogP contribution in [-0.2, 0) is 11.0 Å². The fourth-order valence-corrected chi connectivity index (χ4v) is 1.86. The van der Waals surface area contributed by atoms with Crippen molar-refractivity contribution in [2.75, 3.05) is 0 Å². The number of carboxylic acids is 1. The topological polar surface area (TPSA) is 90.2 Å². The number of halogens is 3. The van der Waals surface area contributed by atoms with Crippen LogP contribution in [0.25, 0.3) is 0 Å². The normalized spacial score (nSPS) is 13.8. The maximum atomic E-state index is 12.8. The first-order chi connectivity index (χ1) is 10.2. The van der Waals surface area contributed by atoms with Crippen molar-refractivity contribution in [3.8, 4) is 6.07 Å². The molecule has 1 aromatic rings. The van der Waals surface area contributed by atoms with Crippen LogP contribution in [0.3, 0.4) is 0 Å². The molecule has 0 unspecified atom stereocenters. The van der Waals surface area contributed by atoms with Gasteiger partial charge in [-0.15, -0.1) is 0 Å². The van der Waals surface area contributed by atoms with E-state index >= 15 is 0 Å². The number of rotatable bonds is 5. The van der Waals surface area contributed by atoms with Gasteiger partial charge in [-0.3, -0.25) is 4.79 Å². The van der Waals surface area contributed by atoms with Gasteiger partial charge in [-0.1, -0.05) is 19.1 Å². The Balaban J connectivity index is 3.07. The minimum Gasteiger partial charge on any atom is -0.480 e. The summed E-state index contributed by atoms with van der Waals surface area (Å²) >= 11 is 0. The smallest absolute Gasteiger partial charge is 0.417 e. The fraction of sp³-hybridized carbons (Fsp3) is 0.357. The molecule has 0 bridgehead atoms. The molecule has 2 atom stereocenters. The van der Waals surface area contributed by atoms with E-state index in [0.29, 0.717) is 0 Å². The highest BCUT2D eigenvalue weighted by atomic mass is 19.4. The lowest BCUT2D eigenvalue weighted by Gasteiger charge is -2.20. The molecule has 2 N–H and O–H groups in total. The van der Waals surface area contributed by atoms with Crippen LogP contribution in [0.4, 0.5) is 13.2 Å². The highest BCUT2D eigenvalue weighted by Gasteiger charge is 2.36. The zero-order valence-electron chi connectivity index (χ0n) is 11.5. The first-order valence-electron chi connectivity index (χ1n) is 6.25. The molecule has 8 heteroatoms. The number of nitrogens with zero attached hydrogens (tertiary/aromatic N) is 1. The average Bonchev–Trinajstić information content (AvgIpc) is 2.43. The quantitative estimate of drug-likeness (QED) is 0.873. The van der Waals surface area contributed by atoms with Crippen molar-refractivity contribution in [2.24, 2.45) is 5.92 Å². The predicted octanol–water partition coefficient (Wildman–Crippen LogP) is 2.44. The minimum absolute atomic E-state index is 0.155. The van der Waals surface area contributed by atoms with Gasteiger partial charge in [0, 0.05) is 12.3 Å². The summed E-state index contributed by atoms with van der Waals surface area (Å²) in [6, 6.07) is 4.39. The standard InChI is InChI=1S/C14H13F3N2O3/c1-8(6-7-18)11(13(21)22)19-12(20)9-4-2-3-5-10(9)14(15,16)17/h2-5,8,11H,6H2,1H3,(H,19,20)(H,21,22)/t8-,11-/m1/s1. The second-order valence-electron chi connectivity index (χ2n) is 4.67. The van der Waals surface area contributed by atoms with E-state index in [0.717, 1.165) is 18.2 Å². The lowest BCUT2D eigenvalue weighted by molar-refractivity contribution is -0.140. The number of hydrogen-bond acceptors (Lipinski definition) is 3. The van der Waals surface area contributed by atoms with E-state index in [9.17, 15) is 22.8 Å². The van der Waals surface area contributed by atoms with Crippen molar-refractivity contribution < 1.29 is 27.9 Å². The Morgan fingerprint density at radius 3 is 2.45 bits per heavy atom. The highest BCUT2D eigenvalue weighted by molar-refractivity contribution is 5.98. The molecule has 0 aliphatic carbocycles. The lowest BCUT2D eigenvalue weighted by atomic mass is 9.98. The molecule has 1 rings (SSSR count). The molecular formula is C14H13F3N2O3. The van der Waals surface area contributed by atoms with Crippen molar-refractivity contribution in [3.05, 3.63) is 35.4 Å². The molecule has 0 fully saturated rings. The van der Waals surface area contributed by atoms with E-state index in [1.165, 1.54) is 13.0 Å². The Morgan fingerprint density at radius 1 is 1.36 bits per heavy atom. The lowest BCUT2D eigenvalue weighted by Crippen LogP contribution is -2.45. The van der Waals surface area contributed by atoms with Crippen molar-refractivity contribution in [1.82, 2.24) is 5.32 Å². The monoisotopic (exact) mass is 314 g/mol. The molecular weight excluding hydrogens is 301 g/mol. The average molecular weight is 314 g/mol. The molecule has 0 spiro atoms. The van der Waals surface area contributed by atoms with Crippen LogP contribution in [0, 0.1) is 17.2 Å². The molecule has 22 heavy (non-hydrogen) atoms. The van der Waals surface area contributed by atoms with Gasteiger partial charge in [0.1, 0.15) is 6.04 Å². The largest absolute Gasteiger partial charge is 0.480 e. The summed E-state index contributed by atoms with van der Waals surface area (Å²) in [6.07, 6.45) is -4.89. The molecule has 0 heterocycles. The summed E-state index contributed by atoms with van der Waals surface area (Å²) < 4.78 is 38.5. The highest BCUT2D eigenvalue weighted by Crippen LogP contribution is 2.31. The third-order valence-electron chi connectivity index (χ3n) is 3.01. The Bertz CT molecular complexity index is 608. The molecule has 0 saturated heterocycles. The summed E-state index contributed by atoms with van der Waals surface area (Å²) in [7, 11) is 0. The Morgan fingerprint density at radius 2 is 1.95 bits per heavy atom. The molecule has 1 aromatic carbocycles. The minimum atomic E-state index is -4.73. The first kappa shape index (κ1) is 17.5. The molecule has 0 aliphatic rings. The van der Waals surface area contributed by atoms with Gasteiger partial charge in [-0.2, -0.15) is 18.4 Å². The van der Waals surface area contributed by atoms with Gasteiger partial charge in [-0.05, 0) is 12.1 Å². The van der Waals surface area contributed by atoms with Crippen LogP contribution in [-0.4, -0.2) is 23.0 Å². The van der Waals surface area contributed by atoms with Crippen molar-refractivity contribution in [2.45, 2.75) is 25.6 Å². The molecule has 0 saturated carbocycles. The van der Waals surface area contributed by atoms with Crippen LogP contribution in [0.15, 0.2) is 24.3 Å². The number of nitrogens with one attached hydrogen (secondary N) is 1. The van der Waals surface area contributed by atoms with E-state index in [1.54, 1.807) is 6.07 Å². The first-order valence-corrected chi connectivity index (χ1v) is 6.25. The third-order valence-corrected chi connectivity index (χ3v) is 3.01. The summed E-state index contributed by atoms with van der Waals surface area (Å²) in [6.45, 7) is 1.41. The van der Waals surface area contributed by atoms with Crippen molar-refractivity contribution in [3.63, 3.8) is 0 Å². The number of carbonyl (C=O) groups is 2. The third kappa shape index (κ3) is 4.22. The van der Waals surface area contributed by atoms with E-state index in [1.807, 2.05) is 5.32 Å². The van der Waals surface area contributed by atoms with Gasteiger partial charge in [-0.25, -0.2) is 4.79 Å². The SMILES string of the molecule is C[C@H](CC#N)[C@@H](NC(=O)c1ccccc1C(F)(F)F)C(=O)O. The maximum absolute atomic E-state index is 12.8. The van der Waals surface area contributed by atoms with Crippen LogP contribution in [0.1, 0.15) is 29.3 Å². The Hall–Kier alpha value is -2.56. The number of amides is 1. The number of aliphatic carboxylic acids is 1.